The van der Waals surface area contributed by atoms with Gasteiger partial charge in [-0.2, -0.15) is 0 Å². The average Bonchev–Trinajstić information content (AvgIpc) is 2.43. The molecule has 0 aromatic heterocycles. The second-order valence-corrected chi connectivity index (χ2v) is 5.82. The summed E-state index contributed by atoms with van der Waals surface area (Å²) in [7, 11) is 2.15. The van der Waals surface area contributed by atoms with E-state index in [4.69, 9.17) is 0 Å². The molecule has 112 valence electrons. The van der Waals surface area contributed by atoms with Gasteiger partial charge in [0.15, 0.2) is 0 Å². The van der Waals surface area contributed by atoms with Crippen LogP contribution < -0.4 is 10.2 Å². The standard InChI is InChI=1S/C19H26N2/c1-6-20-13-17-10-14(2)7-8-19(17)21(5)18-11-15(3)9-16(4)12-18/h7-12,20H,6,13H2,1-5H3. The molecule has 1 N–H and O–H groups in total. The molecule has 2 aromatic rings. The highest BCUT2D eigenvalue weighted by Gasteiger charge is 2.10. The van der Waals surface area contributed by atoms with E-state index in [1.165, 1.54) is 33.6 Å². The fourth-order valence-corrected chi connectivity index (χ4v) is 2.73. The van der Waals surface area contributed by atoms with Crippen LogP contribution in [0.4, 0.5) is 11.4 Å². The summed E-state index contributed by atoms with van der Waals surface area (Å²) in [6.07, 6.45) is 0. The fourth-order valence-electron chi connectivity index (χ4n) is 2.73. The molecule has 0 radical (unpaired) electrons. The Morgan fingerprint density at radius 3 is 2.19 bits per heavy atom. The van der Waals surface area contributed by atoms with E-state index in [9.17, 15) is 0 Å². The van der Waals surface area contributed by atoms with Crippen molar-refractivity contribution < 1.29 is 0 Å². The highest BCUT2D eigenvalue weighted by atomic mass is 15.1. The Bertz CT molecular complexity index is 597. The maximum Gasteiger partial charge on any atom is 0.0453 e. The minimum atomic E-state index is 0.905. The summed E-state index contributed by atoms with van der Waals surface area (Å²) < 4.78 is 0. The maximum atomic E-state index is 3.43. The lowest BCUT2D eigenvalue weighted by atomic mass is 10.1. The summed E-state index contributed by atoms with van der Waals surface area (Å²) in [6.45, 7) is 10.5. The van der Waals surface area contributed by atoms with Gasteiger partial charge < -0.3 is 10.2 Å². The topological polar surface area (TPSA) is 15.3 Å². The van der Waals surface area contributed by atoms with Crippen LogP contribution in [0.25, 0.3) is 0 Å². The third kappa shape index (κ3) is 3.85. The van der Waals surface area contributed by atoms with Gasteiger partial charge in [0, 0.05) is 25.0 Å². The van der Waals surface area contributed by atoms with Crippen LogP contribution >= 0.6 is 0 Å². The third-order valence-electron chi connectivity index (χ3n) is 3.76. The van der Waals surface area contributed by atoms with Gasteiger partial charge in [-0.05, 0) is 62.2 Å². The minimum absolute atomic E-state index is 0.905. The first-order valence-corrected chi connectivity index (χ1v) is 7.63. The van der Waals surface area contributed by atoms with Crippen molar-refractivity contribution in [3.05, 3.63) is 58.7 Å². The van der Waals surface area contributed by atoms with Crippen LogP contribution in [-0.4, -0.2) is 13.6 Å². The monoisotopic (exact) mass is 282 g/mol. The molecule has 0 atom stereocenters. The predicted octanol–water partition coefficient (Wildman–Crippen LogP) is 4.49. The van der Waals surface area contributed by atoms with Crippen molar-refractivity contribution in [2.75, 3.05) is 18.5 Å². The molecule has 2 nitrogen and oxygen atoms in total. The maximum absolute atomic E-state index is 3.43. The van der Waals surface area contributed by atoms with Gasteiger partial charge in [0.2, 0.25) is 0 Å². The van der Waals surface area contributed by atoms with Crippen molar-refractivity contribution in [2.45, 2.75) is 34.2 Å². The molecule has 0 aliphatic rings. The summed E-state index contributed by atoms with van der Waals surface area (Å²) in [5.41, 5.74) is 7.77. The Kier molecular flexibility index (Phi) is 5.03. The Labute approximate surface area is 128 Å². The number of aryl methyl sites for hydroxylation is 3. The number of rotatable bonds is 5. The van der Waals surface area contributed by atoms with Crippen LogP contribution in [-0.2, 0) is 6.54 Å². The van der Waals surface area contributed by atoms with Gasteiger partial charge in [-0.3, -0.25) is 0 Å². The van der Waals surface area contributed by atoms with Gasteiger partial charge in [0.05, 0.1) is 0 Å². The highest BCUT2D eigenvalue weighted by Crippen LogP contribution is 2.29. The lowest BCUT2D eigenvalue weighted by molar-refractivity contribution is 0.726. The molecule has 0 fully saturated rings. The quantitative estimate of drug-likeness (QED) is 0.869. The number of hydrogen-bond donors (Lipinski definition) is 1. The van der Waals surface area contributed by atoms with Gasteiger partial charge in [-0.1, -0.05) is 30.7 Å². The van der Waals surface area contributed by atoms with Crippen LogP contribution in [0.2, 0.25) is 0 Å². The average molecular weight is 282 g/mol. The largest absolute Gasteiger partial charge is 0.344 e. The van der Waals surface area contributed by atoms with Crippen molar-refractivity contribution in [3.8, 4) is 0 Å². The van der Waals surface area contributed by atoms with Crippen molar-refractivity contribution in [3.63, 3.8) is 0 Å². The lowest BCUT2D eigenvalue weighted by Gasteiger charge is -2.24. The zero-order valence-electron chi connectivity index (χ0n) is 13.8. The van der Waals surface area contributed by atoms with E-state index in [-0.39, 0.29) is 0 Å². The Balaban J connectivity index is 2.39. The van der Waals surface area contributed by atoms with Crippen molar-refractivity contribution in [2.24, 2.45) is 0 Å². The van der Waals surface area contributed by atoms with Crippen molar-refractivity contribution in [1.29, 1.82) is 0 Å². The zero-order chi connectivity index (χ0) is 15.4. The van der Waals surface area contributed by atoms with E-state index in [0.29, 0.717) is 0 Å². The van der Waals surface area contributed by atoms with Crippen LogP contribution in [0.5, 0.6) is 0 Å². The fraction of sp³-hybridized carbons (Fsp3) is 0.368. The van der Waals surface area contributed by atoms with Crippen LogP contribution in [0, 0.1) is 20.8 Å². The zero-order valence-corrected chi connectivity index (χ0v) is 13.8. The molecule has 2 rings (SSSR count). The van der Waals surface area contributed by atoms with Crippen molar-refractivity contribution >= 4 is 11.4 Å². The predicted molar refractivity (Wildman–Crippen MR) is 92.5 cm³/mol. The van der Waals surface area contributed by atoms with Crippen molar-refractivity contribution in [1.82, 2.24) is 5.32 Å². The van der Waals surface area contributed by atoms with Crippen LogP contribution in [0.15, 0.2) is 36.4 Å². The van der Waals surface area contributed by atoms with E-state index in [1.807, 2.05) is 0 Å². The smallest absolute Gasteiger partial charge is 0.0453 e. The molecule has 21 heavy (non-hydrogen) atoms. The number of nitrogens with one attached hydrogen (secondary N) is 1. The molecule has 0 saturated carbocycles. The lowest BCUT2D eigenvalue weighted by Crippen LogP contribution is -2.17. The summed E-state index contributed by atoms with van der Waals surface area (Å²) in [6, 6.07) is 13.4. The first kappa shape index (κ1) is 15.6. The van der Waals surface area contributed by atoms with E-state index < -0.39 is 0 Å². The molecule has 0 spiro atoms. The number of nitrogens with zero attached hydrogens (tertiary/aromatic N) is 1. The number of hydrogen-bond acceptors (Lipinski definition) is 2. The summed E-state index contributed by atoms with van der Waals surface area (Å²) in [5, 5.41) is 3.43. The molecule has 2 heteroatoms. The molecule has 0 aliphatic carbocycles. The van der Waals surface area contributed by atoms with Gasteiger partial charge in [-0.25, -0.2) is 0 Å². The number of anilines is 2. The molecule has 0 unspecified atom stereocenters. The molecule has 0 heterocycles. The molecule has 0 aliphatic heterocycles. The van der Waals surface area contributed by atoms with E-state index >= 15 is 0 Å². The molecule has 0 bridgehead atoms. The summed E-state index contributed by atoms with van der Waals surface area (Å²) in [5.74, 6) is 0. The summed E-state index contributed by atoms with van der Waals surface area (Å²) >= 11 is 0. The second-order valence-electron chi connectivity index (χ2n) is 5.82. The van der Waals surface area contributed by atoms with Gasteiger partial charge >= 0.3 is 0 Å². The summed E-state index contributed by atoms with van der Waals surface area (Å²) in [4.78, 5) is 2.28. The normalized spacial score (nSPS) is 10.7. The third-order valence-corrected chi connectivity index (χ3v) is 3.76. The van der Waals surface area contributed by atoms with E-state index in [1.54, 1.807) is 0 Å². The van der Waals surface area contributed by atoms with E-state index in [2.05, 4.69) is 81.4 Å². The SMILES string of the molecule is CCNCc1cc(C)ccc1N(C)c1cc(C)cc(C)c1. The highest BCUT2D eigenvalue weighted by molar-refractivity contribution is 5.67. The molecular formula is C19H26N2. The molecule has 0 amide bonds. The Hall–Kier alpha value is -1.80. The van der Waals surface area contributed by atoms with Crippen LogP contribution in [0.1, 0.15) is 29.2 Å². The number of benzene rings is 2. The molecular weight excluding hydrogens is 256 g/mol. The van der Waals surface area contributed by atoms with Gasteiger partial charge in [0.1, 0.15) is 0 Å². The first-order chi connectivity index (χ1) is 10.0. The minimum Gasteiger partial charge on any atom is -0.344 e. The molecule has 0 saturated heterocycles. The van der Waals surface area contributed by atoms with E-state index in [0.717, 1.165) is 13.1 Å². The van der Waals surface area contributed by atoms with Gasteiger partial charge in [0.25, 0.3) is 0 Å². The first-order valence-electron chi connectivity index (χ1n) is 7.63. The van der Waals surface area contributed by atoms with Crippen LogP contribution in [0.3, 0.4) is 0 Å². The molecule has 2 aromatic carbocycles. The Morgan fingerprint density at radius 2 is 1.57 bits per heavy atom. The van der Waals surface area contributed by atoms with Gasteiger partial charge in [-0.15, -0.1) is 0 Å². The second kappa shape index (κ2) is 6.77. The Morgan fingerprint density at radius 1 is 0.905 bits per heavy atom.